The number of nitrogens with zero attached hydrogens (tertiary/aromatic N) is 5. The van der Waals surface area contributed by atoms with Crippen molar-refractivity contribution in [2.45, 2.75) is 38.3 Å². The number of fused-ring (bicyclic) bond motifs is 1. The van der Waals surface area contributed by atoms with Gasteiger partial charge in [-0.3, -0.25) is 0 Å². The van der Waals surface area contributed by atoms with Gasteiger partial charge >= 0.3 is 6.01 Å². The Morgan fingerprint density at radius 1 is 1.00 bits per heavy atom. The molecule has 7 heteroatoms. The molecule has 0 unspecified atom stereocenters. The highest BCUT2D eigenvalue weighted by Gasteiger charge is 2.26. The number of likely N-dealkylation sites (N-methyl/N-ethyl adjacent to an activating group) is 1. The van der Waals surface area contributed by atoms with Crippen LogP contribution in [0.25, 0.3) is 0 Å². The summed E-state index contributed by atoms with van der Waals surface area (Å²) in [6.45, 7) is 7.62. The number of aromatic nitrogens is 2. The molecule has 2 saturated heterocycles. The van der Waals surface area contributed by atoms with Crippen LogP contribution in [0.5, 0.6) is 6.01 Å². The average molecular weight is 423 g/mol. The van der Waals surface area contributed by atoms with Crippen molar-refractivity contribution < 1.29 is 4.74 Å². The summed E-state index contributed by atoms with van der Waals surface area (Å²) >= 11 is 0. The molecule has 2 fully saturated rings. The standard InChI is InChI=1S/C24H34N6O/c1-28-13-5-9-20(28)18-31-24-26-22-17-30(19-7-3-2-4-8-19)14-6-10-21(22)23(27-24)29-15-11-25-12-16-29/h2-4,7-8,20,25H,5-6,9-18H2,1H3/t20-/m0/s1. The average Bonchev–Trinajstić information content (AvgIpc) is 3.10. The molecule has 0 bridgehead atoms. The number of rotatable bonds is 5. The first-order chi connectivity index (χ1) is 15.3. The molecule has 3 aliphatic rings. The van der Waals surface area contributed by atoms with E-state index in [9.17, 15) is 0 Å². The predicted octanol–water partition coefficient (Wildman–Crippen LogP) is 2.31. The maximum atomic E-state index is 6.21. The summed E-state index contributed by atoms with van der Waals surface area (Å²) in [5.74, 6) is 1.09. The Morgan fingerprint density at radius 2 is 1.84 bits per heavy atom. The Hall–Kier alpha value is -2.38. The second-order valence-electron chi connectivity index (χ2n) is 8.94. The van der Waals surface area contributed by atoms with Crippen LogP contribution in [0.15, 0.2) is 30.3 Å². The summed E-state index contributed by atoms with van der Waals surface area (Å²) in [5.41, 5.74) is 3.69. The number of benzene rings is 1. The minimum absolute atomic E-state index is 0.464. The highest BCUT2D eigenvalue weighted by Crippen LogP contribution is 2.30. The molecule has 1 N–H and O–H groups in total. The number of hydrogen-bond acceptors (Lipinski definition) is 7. The minimum Gasteiger partial charge on any atom is -0.462 e. The van der Waals surface area contributed by atoms with Crippen LogP contribution in [0.4, 0.5) is 11.5 Å². The number of piperazine rings is 1. The van der Waals surface area contributed by atoms with Gasteiger partial charge in [0.1, 0.15) is 12.4 Å². The molecule has 166 valence electrons. The Kier molecular flexibility index (Phi) is 6.22. The third kappa shape index (κ3) is 4.62. The molecule has 0 aliphatic carbocycles. The number of ether oxygens (including phenoxy) is 1. The van der Waals surface area contributed by atoms with E-state index < -0.39 is 0 Å². The van der Waals surface area contributed by atoms with Crippen LogP contribution in [-0.4, -0.2) is 73.8 Å². The van der Waals surface area contributed by atoms with Crippen LogP contribution in [0.3, 0.4) is 0 Å². The Labute approximate surface area is 185 Å². The fraction of sp³-hybridized carbons (Fsp3) is 0.583. The molecule has 31 heavy (non-hydrogen) atoms. The molecule has 1 aromatic heterocycles. The molecule has 7 nitrogen and oxygen atoms in total. The van der Waals surface area contributed by atoms with Gasteiger partial charge in [0.2, 0.25) is 0 Å². The molecule has 1 atom stereocenters. The summed E-state index contributed by atoms with van der Waals surface area (Å²) in [6.07, 6.45) is 4.56. The monoisotopic (exact) mass is 422 g/mol. The number of para-hydroxylation sites is 1. The van der Waals surface area contributed by atoms with Gasteiger partial charge in [-0.15, -0.1) is 0 Å². The van der Waals surface area contributed by atoms with Crippen molar-refractivity contribution in [3.05, 3.63) is 41.6 Å². The molecular weight excluding hydrogens is 388 g/mol. The van der Waals surface area contributed by atoms with Crippen molar-refractivity contribution in [3.8, 4) is 6.01 Å². The first kappa shape index (κ1) is 20.5. The van der Waals surface area contributed by atoms with Gasteiger partial charge in [0, 0.05) is 50.0 Å². The van der Waals surface area contributed by atoms with Gasteiger partial charge in [-0.25, -0.2) is 0 Å². The van der Waals surface area contributed by atoms with Crippen LogP contribution >= 0.6 is 0 Å². The lowest BCUT2D eigenvalue weighted by Crippen LogP contribution is -2.44. The fourth-order valence-corrected chi connectivity index (χ4v) is 5.01. The first-order valence-electron chi connectivity index (χ1n) is 11.8. The largest absolute Gasteiger partial charge is 0.462 e. The zero-order chi connectivity index (χ0) is 21.0. The van der Waals surface area contributed by atoms with Gasteiger partial charge in [-0.2, -0.15) is 9.97 Å². The second-order valence-corrected chi connectivity index (χ2v) is 8.94. The summed E-state index contributed by atoms with van der Waals surface area (Å²) in [6, 6.07) is 11.7. The van der Waals surface area contributed by atoms with E-state index in [2.05, 4.69) is 57.4 Å². The second kappa shape index (κ2) is 9.40. The third-order valence-corrected chi connectivity index (χ3v) is 6.86. The van der Waals surface area contributed by atoms with Crippen molar-refractivity contribution in [1.29, 1.82) is 0 Å². The molecule has 5 rings (SSSR count). The lowest BCUT2D eigenvalue weighted by molar-refractivity contribution is 0.187. The molecule has 4 heterocycles. The maximum Gasteiger partial charge on any atom is 0.318 e. The molecular formula is C24H34N6O. The topological polar surface area (TPSA) is 56.8 Å². The Morgan fingerprint density at radius 3 is 2.61 bits per heavy atom. The maximum absolute atomic E-state index is 6.21. The predicted molar refractivity (Wildman–Crippen MR) is 124 cm³/mol. The third-order valence-electron chi connectivity index (χ3n) is 6.86. The molecule has 1 aromatic carbocycles. The smallest absolute Gasteiger partial charge is 0.318 e. The van der Waals surface area contributed by atoms with Gasteiger partial charge in [0.15, 0.2) is 0 Å². The zero-order valence-corrected chi connectivity index (χ0v) is 18.6. The molecule has 0 spiro atoms. The van der Waals surface area contributed by atoms with Crippen molar-refractivity contribution in [1.82, 2.24) is 20.2 Å². The Bertz CT molecular complexity index is 870. The molecule has 2 aromatic rings. The number of likely N-dealkylation sites (tertiary alicyclic amines) is 1. The molecule has 0 amide bonds. The van der Waals surface area contributed by atoms with E-state index in [0.29, 0.717) is 18.7 Å². The van der Waals surface area contributed by atoms with Gasteiger partial charge in [0.25, 0.3) is 0 Å². The quantitative estimate of drug-likeness (QED) is 0.794. The summed E-state index contributed by atoms with van der Waals surface area (Å²) < 4.78 is 6.21. The summed E-state index contributed by atoms with van der Waals surface area (Å²) in [5, 5.41) is 3.46. The van der Waals surface area contributed by atoms with E-state index in [-0.39, 0.29) is 0 Å². The molecule has 0 radical (unpaired) electrons. The van der Waals surface area contributed by atoms with Gasteiger partial charge in [0.05, 0.1) is 12.2 Å². The van der Waals surface area contributed by atoms with Crippen molar-refractivity contribution in [3.63, 3.8) is 0 Å². The summed E-state index contributed by atoms with van der Waals surface area (Å²) in [7, 11) is 2.18. The van der Waals surface area contributed by atoms with Gasteiger partial charge < -0.3 is 24.8 Å². The first-order valence-corrected chi connectivity index (χ1v) is 11.8. The van der Waals surface area contributed by atoms with E-state index in [1.807, 2.05) is 0 Å². The van der Waals surface area contributed by atoms with Crippen molar-refractivity contribution in [2.24, 2.45) is 0 Å². The van der Waals surface area contributed by atoms with E-state index >= 15 is 0 Å². The lowest BCUT2D eigenvalue weighted by Gasteiger charge is -2.31. The lowest BCUT2D eigenvalue weighted by atomic mass is 10.1. The van der Waals surface area contributed by atoms with Crippen molar-refractivity contribution >= 4 is 11.5 Å². The van der Waals surface area contributed by atoms with Crippen LogP contribution in [0.1, 0.15) is 30.5 Å². The highest BCUT2D eigenvalue weighted by molar-refractivity contribution is 5.54. The van der Waals surface area contributed by atoms with Crippen LogP contribution in [0, 0.1) is 0 Å². The SMILES string of the molecule is CN1CCC[C@H]1COc1nc2c(c(N3CCNCC3)n1)CCCN(c1ccccc1)C2. The van der Waals surface area contributed by atoms with Crippen molar-refractivity contribution in [2.75, 3.05) is 62.7 Å². The molecule has 0 saturated carbocycles. The number of anilines is 2. The van der Waals surface area contributed by atoms with Gasteiger partial charge in [-0.1, -0.05) is 18.2 Å². The van der Waals surface area contributed by atoms with Crippen LogP contribution in [0.2, 0.25) is 0 Å². The highest BCUT2D eigenvalue weighted by atomic mass is 16.5. The van der Waals surface area contributed by atoms with E-state index in [0.717, 1.165) is 70.2 Å². The minimum atomic E-state index is 0.464. The van der Waals surface area contributed by atoms with Gasteiger partial charge in [-0.05, 0) is 51.4 Å². The summed E-state index contributed by atoms with van der Waals surface area (Å²) in [4.78, 5) is 17.2. The van der Waals surface area contributed by atoms with Crippen LogP contribution in [-0.2, 0) is 13.0 Å². The zero-order valence-electron chi connectivity index (χ0n) is 18.6. The number of hydrogen-bond donors (Lipinski definition) is 1. The molecule has 3 aliphatic heterocycles. The van der Waals surface area contributed by atoms with E-state index in [1.54, 1.807) is 0 Å². The van der Waals surface area contributed by atoms with Crippen LogP contribution < -0.4 is 19.9 Å². The normalized spacial score (nSPS) is 22.3. The fourth-order valence-electron chi connectivity index (χ4n) is 5.01. The van der Waals surface area contributed by atoms with E-state index in [4.69, 9.17) is 14.7 Å². The van der Waals surface area contributed by atoms with E-state index in [1.165, 1.54) is 24.1 Å². The number of nitrogens with one attached hydrogen (secondary N) is 1. The Balaban J connectivity index is 1.44.